The molecule has 2 aromatic heterocycles. The van der Waals surface area contributed by atoms with Gasteiger partial charge in [0, 0.05) is 23.9 Å². The Morgan fingerprint density at radius 3 is 2.73 bits per heavy atom. The molecule has 0 aliphatic carbocycles. The zero-order chi connectivity index (χ0) is 18.3. The minimum absolute atomic E-state index is 0.0540. The number of carbonyl (C=O) groups is 1. The molecule has 0 atom stereocenters. The van der Waals surface area contributed by atoms with Gasteiger partial charge in [0.15, 0.2) is 4.96 Å². The Morgan fingerprint density at radius 1 is 1.27 bits per heavy atom. The quantitative estimate of drug-likeness (QED) is 0.311. The van der Waals surface area contributed by atoms with E-state index in [4.69, 9.17) is 4.74 Å². The standard InChI is InChI=1S/C18H13N3O4S/c1-25-17(22)9-11-2-7-15-16(8-11)26-18-19-14(10-20(15)18)12-3-5-13(6-4-12)21(23)24/h2-8,10H,9H2,1H3. The molecule has 0 aliphatic heterocycles. The maximum absolute atomic E-state index is 11.4. The van der Waals surface area contributed by atoms with Crippen molar-refractivity contribution in [1.29, 1.82) is 0 Å². The SMILES string of the molecule is COC(=O)Cc1ccc2c(c1)sc1nc(-c3ccc([N+](=O)[O-])cc3)cn12. The van der Waals surface area contributed by atoms with E-state index in [1.54, 1.807) is 12.1 Å². The van der Waals surface area contributed by atoms with Crippen LogP contribution >= 0.6 is 11.3 Å². The number of nitro benzene ring substituents is 1. The van der Waals surface area contributed by atoms with Gasteiger partial charge in [-0.05, 0) is 29.8 Å². The highest BCUT2D eigenvalue weighted by molar-refractivity contribution is 7.23. The lowest BCUT2D eigenvalue weighted by Gasteiger charge is -2.00. The van der Waals surface area contributed by atoms with Gasteiger partial charge in [-0.25, -0.2) is 4.98 Å². The van der Waals surface area contributed by atoms with Gasteiger partial charge in [0.2, 0.25) is 0 Å². The van der Waals surface area contributed by atoms with Gasteiger partial charge in [0.1, 0.15) is 0 Å². The van der Waals surface area contributed by atoms with Crippen LogP contribution in [0.1, 0.15) is 5.56 Å². The second-order valence-corrected chi connectivity index (χ2v) is 6.75. The van der Waals surface area contributed by atoms with Crippen molar-refractivity contribution in [3.05, 3.63) is 64.3 Å². The predicted octanol–water partition coefficient (Wildman–Crippen LogP) is 3.84. The van der Waals surface area contributed by atoms with Crippen LogP contribution in [0, 0.1) is 10.1 Å². The van der Waals surface area contributed by atoms with E-state index in [2.05, 4.69) is 4.98 Å². The predicted molar refractivity (Wildman–Crippen MR) is 98.4 cm³/mol. The van der Waals surface area contributed by atoms with Crippen molar-refractivity contribution in [2.24, 2.45) is 0 Å². The molecule has 0 amide bonds. The number of rotatable bonds is 4. The first-order chi connectivity index (χ1) is 12.5. The average molecular weight is 367 g/mol. The normalized spacial score (nSPS) is 11.1. The summed E-state index contributed by atoms with van der Waals surface area (Å²) in [6, 6.07) is 12.2. The van der Waals surface area contributed by atoms with Gasteiger partial charge in [-0.2, -0.15) is 0 Å². The van der Waals surface area contributed by atoms with Crippen molar-refractivity contribution in [2.45, 2.75) is 6.42 Å². The molecule has 0 saturated heterocycles. The minimum atomic E-state index is -0.422. The molecule has 0 aliphatic rings. The van der Waals surface area contributed by atoms with Crippen LogP contribution in [0.3, 0.4) is 0 Å². The van der Waals surface area contributed by atoms with Crippen LogP contribution < -0.4 is 0 Å². The van der Waals surface area contributed by atoms with E-state index < -0.39 is 4.92 Å². The number of methoxy groups -OCH3 is 1. The second kappa shape index (κ2) is 6.23. The molecule has 7 nitrogen and oxygen atoms in total. The van der Waals surface area contributed by atoms with Gasteiger partial charge in [0.25, 0.3) is 5.69 Å². The number of benzene rings is 2. The highest BCUT2D eigenvalue weighted by Gasteiger charge is 2.13. The summed E-state index contributed by atoms with van der Waals surface area (Å²) in [6.07, 6.45) is 2.15. The van der Waals surface area contributed by atoms with Gasteiger partial charge in [0.05, 0.1) is 34.4 Å². The molecule has 26 heavy (non-hydrogen) atoms. The Bertz CT molecular complexity index is 1140. The van der Waals surface area contributed by atoms with Crippen LogP contribution in [0.15, 0.2) is 48.7 Å². The number of esters is 1. The van der Waals surface area contributed by atoms with Crippen LogP contribution in [-0.2, 0) is 16.0 Å². The zero-order valence-corrected chi connectivity index (χ0v) is 14.5. The van der Waals surface area contributed by atoms with Crippen molar-refractivity contribution >= 4 is 38.2 Å². The van der Waals surface area contributed by atoms with Crippen molar-refractivity contribution in [1.82, 2.24) is 9.38 Å². The molecule has 2 heterocycles. The average Bonchev–Trinajstić information content (AvgIpc) is 3.19. The summed E-state index contributed by atoms with van der Waals surface area (Å²) in [4.78, 5) is 27.2. The number of aromatic nitrogens is 2. The molecule has 0 fully saturated rings. The van der Waals surface area contributed by atoms with E-state index in [-0.39, 0.29) is 18.1 Å². The monoisotopic (exact) mass is 367 g/mol. The Hall–Kier alpha value is -3.26. The Labute approximate surface area is 151 Å². The van der Waals surface area contributed by atoms with E-state index >= 15 is 0 Å². The molecule has 130 valence electrons. The van der Waals surface area contributed by atoms with Crippen molar-refractivity contribution in [2.75, 3.05) is 7.11 Å². The molecule has 0 spiro atoms. The number of fused-ring (bicyclic) bond motifs is 3. The first-order valence-corrected chi connectivity index (χ1v) is 8.59. The van der Waals surface area contributed by atoms with Crippen molar-refractivity contribution in [3.63, 3.8) is 0 Å². The molecular weight excluding hydrogens is 354 g/mol. The Morgan fingerprint density at radius 2 is 2.04 bits per heavy atom. The number of hydrogen-bond donors (Lipinski definition) is 0. The van der Waals surface area contributed by atoms with Crippen LogP contribution in [-0.4, -0.2) is 27.4 Å². The van der Waals surface area contributed by atoms with Crippen molar-refractivity contribution in [3.8, 4) is 11.3 Å². The lowest BCUT2D eigenvalue weighted by Crippen LogP contribution is -2.03. The van der Waals surface area contributed by atoms with Crippen molar-refractivity contribution < 1.29 is 14.5 Å². The van der Waals surface area contributed by atoms with Gasteiger partial charge in [-0.15, -0.1) is 0 Å². The maximum atomic E-state index is 11.4. The van der Waals surface area contributed by atoms with Gasteiger partial charge in [-0.1, -0.05) is 17.4 Å². The first kappa shape index (κ1) is 16.2. The van der Waals surface area contributed by atoms with Crippen LogP contribution in [0.25, 0.3) is 26.4 Å². The van der Waals surface area contributed by atoms with E-state index in [0.29, 0.717) is 0 Å². The topological polar surface area (TPSA) is 86.7 Å². The lowest BCUT2D eigenvalue weighted by atomic mass is 10.1. The number of nitrogens with zero attached hydrogens (tertiary/aromatic N) is 3. The highest BCUT2D eigenvalue weighted by atomic mass is 32.1. The number of non-ortho nitro benzene ring substituents is 1. The summed E-state index contributed by atoms with van der Waals surface area (Å²) in [5, 5.41) is 10.8. The molecule has 0 N–H and O–H groups in total. The molecule has 8 heteroatoms. The molecule has 4 rings (SSSR count). The minimum Gasteiger partial charge on any atom is -0.469 e. The summed E-state index contributed by atoms with van der Waals surface area (Å²) in [7, 11) is 1.37. The molecule has 0 saturated carbocycles. The summed E-state index contributed by atoms with van der Waals surface area (Å²) < 4.78 is 7.72. The zero-order valence-electron chi connectivity index (χ0n) is 13.7. The van der Waals surface area contributed by atoms with E-state index in [1.807, 2.05) is 28.8 Å². The number of imidazole rings is 1. The van der Waals surface area contributed by atoms with Crippen LogP contribution in [0.5, 0.6) is 0 Å². The first-order valence-electron chi connectivity index (χ1n) is 7.77. The largest absolute Gasteiger partial charge is 0.469 e. The van der Waals surface area contributed by atoms with Crippen LogP contribution in [0.2, 0.25) is 0 Å². The fourth-order valence-electron chi connectivity index (χ4n) is 2.79. The highest BCUT2D eigenvalue weighted by Crippen LogP contribution is 2.30. The van der Waals surface area contributed by atoms with Gasteiger partial charge in [-0.3, -0.25) is 19.3 Å². The molecule has 4 aromatic rings. The molecule has 0 unspecified atom stereocenters. The molecular formula is C18H13N3O4S. The summed E-state index contributed by atoms with van der Waals surface area (Å²) >= 11 is 1.53. The fourth-order valence-corrected chi connectivity index (χ4v) is 3.86. The van der Waals surface area contributed by atoms with Gasteiger partial charge < -0.3 is 4.74 Å². The second-order valence-electron chi connectivity index (χ2n) is 5.74. The third-order valence-corrected chi connectivity index (χ3v) is 5.13. The third kappa shape index (κ3) is 2.80. The Kier molecular flexibility index (Phi) is 3.89. The number of nitro groups is 1. The smallest absolute Gasteiger partial charge is 0.309 e. The third-order valence-electron chi connectivity index (χ3n) is 4.11. The molecule has 2 aromatic carbocycles. The number of thiazole rings is 1. The lowest BCUT2D eigenvalue weighted by molar-refractivity contribution is -0.384. The van der Waals surface area contributed by atoms with E-state index in [0.717, 1.165) is 32.0 Å². The summed E-state index contributed by atoms with van der Waals surface area (Å²) in [5.74, 6) is -0.272. The van der Waals surface area contributed by atoms with Gasteiger partial charge >= 0.3 is 5.97 Å². The molecule has 0 bridgehead atoms. The fraction of sp³-hybridized carbons (Fsp3) is 0.111. The number of carbonyl (C=O) groups excluding carboxylic acids is 1. The Balaban J connectivity index is 1.71. The maximum Gasteiger partial charge on any atom is 0.309 e. The molecule has 0 radical (unpaired) electrons. The number of hydrogen-bond acceptors (Lipinski definition) is 6. The van der Waals surface area contributed by atoms with E-state index in [9.17, 15) is 14.9 Å². The number of ether oxygens (including phenoxy) is 1. The summed E-state index contributed by atoms with van der Waals surface area (Å²) in [6.45, 7) is 0. The van der Waals surface area contributed by atoms with E-state index in [1.165, 1.54) is 30.6 Å². The van der Waals surface area contributed by atoms with Crippen LogP contribution in [0.4, 0.5) is 5.69 Å². The summed E-state index contributed by atoms with van der Waals surface area (Å²) in [5.41, 5.74) is 3.52.